The Morgan fingerprint density at radius 2 is 2.20 bits per heavy atom. The van der Waals surface area contributed by atoms with Crippen LogP contribution in [0.15, 0.2) is 18.5 Å². The smallest absolute Gasteiger partial charge is 0.358 e. The highest BCUT2D eigenvalue weighted by Gasteiger charge is 2.20. The van der Waals surface area contributed by atoms with Crippen LogP contribution in [-0.2, 0) is 18.3 Å². The molecule has 1 N–H and O–H groups in total. The lowest BCUT2D eigenvalue weighted by Crippen LogP contribution is -2.17. The third-order valence-corrected chi connectivity index (χ3v) is 2.76. The number of esters is 1. The Kier molecular flexibility index (Phi) is 3.83. The highest BCUT2D eigenvalue weighted by atomic mass is 16.5. The normalized spacial score (nSPS) is 10.3. The Labute approximate surface area is 115 Å². The second-order valence-electron chi connectivity index (χ2n) is 4.03. The number of aromatic nitrogens is 4. The SMILES string of the molecule is CCn1ccc(C(=O)Nc2cnn(C)c2C(=O)OC)n1. The summed E-state index contributed by atoms with van der Waals surface area (Å²) in [6.45, 7) is 2.60. The number of ether oxygens (including phenoxy) is 1. The van der Waals surface area contributed by atoms with E-state index in [0.29, 0.717) is 6.54 Å². The van der Waals surface area contributed by atoms with Crippen molar-refractivity contribution in [2.45, 2.75) is 13.5 Å². The van der Waals surface area contributed by atoms with E-state index in [4.69, 9.17) is 0 Å². The van der Waals surface area contributed by atoms with Crippen molar-refractivity contribution in [1.29, 1.82) is 0 Å². The zero-order valence-corrected chi connectivity index (χ0v) is 11.5. The summed E-state index contributed by atoms with van der Waals surface area (Å²) < 4.78 is 7.63. The number of hydrogen-bond acceptors (Lipinski definition) is 5. The van der Waals surface area contributed by atoms with Gasteiger partial charge < -0.3 is 10.1 Å². The number of carbonyl (C=O) groups excluding carboxylic acids is 2. The van der Waals surface area contributed by atoms with Crippen LogP contribution in [0.1, 0.15) is 27.9 Å². The van der Waals surface area contributed by atoms with Crippen molar-refractivity contribution in [2.75, 3.05) is 12.4 Å². The minimum atomic E-state index is -0.570. The molecule has 0 aromatic carbocycles. The maximum absolute atomic E-state index is 12.0. The van der Waals surface area contributed by atoms with Crippen LogP contribution in [0.5, 0.6) is 0 Å². The number of carbonyl (C=O) groups is 2. The fourth-order valence-electron chi connectivity index (χ4n) is 1.71. The molecule has 20 heavy (non-hydrogen) atoms. The minimum absolute atomic E-state index is 0.177. The quantitative estimate of drug-likeness (QED) is 0.830. The van der Waals surface area contributed by atoms with Gasteiger partial charge in [-0.05, 0) is 13.0 Å². The third kappa shape index (κ3) is 2.53. The van der Waals surface area contributed by atoms with Gasteiger partial charge in [0, 0.05) is 19.8 Å². The molecule has 0 fully saturated rings. The monoisotopic (exact) mass is 277 g/mol. The molecule has 0 spiro atoms. The molecule has 0 unspecified atom stereocenters. The molecular formula is C12H15N5O3. The van der Waals surface area contributed by atoms with E-state index in [1.807, 2.05) is 6.92 Å². The minimum Gasteiger partial charge on any atom is -0.464 e. The lowest BCUT2D eigenvalue weighted by atomic mass is 10.3. The summed E-state index contributed by atoms with van der Waals surface area (Å²) in [5, 5.41) is 10.6. The first-order chi connectivity index (χ1) is 9.56. The standard InChI is InChI=1S/C12H15N5O3/c1-4-17-6-5-8(15-17)11(18)14-9-7-13-16(2)10(9)12(19)20-3/h5-7H,4H2,1-3H3,(H,14,18). The Balaban J connectivity index is 2.22. The third-order valence-electron chi connectivity index (χ3n) is 2.76. The van der Waals surface area contributed by atoms with Gasteiger partial charge in [0.2, 0.25) is 0 Å². The number of nitrogens with zero attached hydrogens (tertiary/aromatic N) is 4. The molecule has 8 heteroatoms. The average Bonchev–Trinajstić information content (AvgIpc) is 3.05. The van der Waals surface area contributed by atoms with Gasteiger partial charge in [-0.1, -0.05) is 0 Å². The summed E-state index contributed by atoms with van der Waals surface area (Å²) in [6.07, 6.45) is 3.10. The van der Waals surface area contributed by atoms with E-state index < -0.39 is 11.9 Å². The lowest BCUT2D eigenvalue weighted by molar-refractivity contribution is 0.0589. The maximum atomic E-state index is 12.0. The van der Waals surface area contributed by atoms with Crippen molar-refractivity contribution in [1.82, 2.24) is 19.6 Å². The van der Waals surface area contributed by atoms with Gasteiger partial charge >= 0.3 is 5.97 Å². The van der Waals surface area contributed by atoms with Gasteiger partial charge in [0.25, 0.3) is 5.91 Å². The molecule has 0 bridgehead atoms. The molecule has 106 valence electrons. The van der Waals surface area contributed by atoms with Crippen LogP contribution in [0.2, 0.25) is 0 Å². The van der Waals surface area contributed by atoms with Gasteiger partial charge in [-0.3, -0.25) is 14.2 Å². The summed E-state index contributed by atoms with van der Waals surface area (Å²) >= 11 is 0. The largest absolute Gasteiger partial charge is 0.464 e. The van der Waals surface area contributed by atoms with E-state index in [0.717, 1.165) is 0 Å². The van der Waals surface area contributed by atoms with Crippen molar-refractivity contribution >= 4 is 17.6 Å². The number of nitrogens with one attached hydrogen (secondary N) is 1. The zero-order chi connectivity index (χ0) is 14.7. The Hall–Kier alpha value is -2.64. The predicted molar refractivity (Wildman–Crippen MR) is 70.4 cm³/mol. The van der Waals surface area contributed by atoms with Crippen molar-refractivity contribution in [2.24, 2.45) is 7.05 Å². The highest BCUT2D eigenvalue weighted by Crippen LogP contribution is 2.16. The molecule has 0 atom stereocenters. The van der Waals surface area contributed by atoms with Crippen LogP contribution >= 0.6 is 0 Å². The van der Waals surface area contributed by atoms with Gasteiger partial charge in [0.05, 0.1) is 19.0 Å². The molecule has 2 aromatic heterocycles. The first-order valence-corrected chi connectivity index (χ1v) is 6.02. The number of anilines is 1. The van der Waals surface area contributed by atoms with Crippen LogP contribution in [0.3, 0.4) is 0 Å². The topological polar surface area (TPSA) is 91.0 Å². The first-order valence-electron chi connectivity index (χ1n) is 6.02. The van der Waals surface area contributed by atoms with Crippen LogP contribution < -0.4 is 5.32 Å². The molecule has 0 radical (unpaired) electrons. The summed E-state index contributed by atoms with van der Waals surface area (Å²) in [4.78, 5) is 23.7. The van der Waals surface area contributed by atoms with Crippen LogP contribution in [0.4, 0.5) is 5.69 Å². The molecule has 2 rings (SSSR count). The number of amides is 1. The Bertz CT molecular complexity index is 643. The second kappa shape index (κ2) is 5.55. The Morgan fingerprint density at radius 3 is 2.80 bits per heavy atom. The van der Waals surface area contributed by atoms with Gasteiger partial charge in [-0.2, -0.15) is 10.2 Å². The molecular weight excluding hydrogens is 262 g/mol. The van der Waals surface area contributed by atoms with E-state index in [2.05, 4.69) is 20.3 Å². The molecule has 2 aromatic rings. The zero-order valence-electron chi connectivity index (χ0n) is 11.5. The maximum Gasteiger partial charge on any atom is 0.358 e. The second-order valence-corrected chi connectivity index (χ2v) is 4.03. The molecule has 0 aliphatic carbocycles. The number of methoxy groups -OCH3 is 1. The van der Waals surface area contributed by atoms with Crippen LogP contribution in [-0.4, -0.2) is 38.5 Å². The first kappa shape index (κ1) is 13.8. The van der Waals surface area contributed by atoms with Crippen molar-refractivity contribution in [3.8, 4) is 0 Å². The van der Waals surface area contributed by atoms with Crippen molar-refractivity contribution in [3.63, 3.8) is 0 Å². The molecule has 0 saturated heterocycles. The summed E-state index contributed by atoms with van der Waals surface area (Å²) in [5.41, 5.74) is 0.734. The van der Waals surface area contributed by atoms with Crippen molar-refractivity contribution in [3.05, 3.63) is 29.8 Å². The summed E-state index contributed by atoms with van der Waals surface area (Å²) in [7, 11) is 2.86. The molecule has 0 aliphatic rings. The van der Waals surface area contributed by atoms with Gasteiger partial charge in [-0.15, -0.1) is 0 Å². The average molecular weight is 277 g/mol. The number of hydrogen-bond donors (Lipinski definition) is 1. The lowest BCUT2D eigenvalue weighted by Gasteiger charge is -2.04. The van der Waals surface area contributed by atoms with E-state index in [1.165, 1.54) is 18.0 Å². The molecule has 2 heterocycles. The highest BCUT2D eigenvalue weighted by molar-refractivity contribution is 6.06. The molecule has 0 saturated carbocycles. The molecule has 8 nitrogen and oxygen atoms in total. The summed E-state index contributed by atoms with van der Waals surface area (Å²) in [6, 6.07) is 1.60. The van der Waals surface area contributed by atoms with E-state index in [1.54, 1.807) is 24.0 Å². The van der Waals surface area contributed by atoms with E-state index in [-0.39, 0.29) is 17.1 Å². The van der Waals surface area contributed by atoms with Crippen LogP contribution in [0, 0.1) is 0 Å². The number of aryl methyl sites for hydroxylation is 2. The fraction of sp³-hybridized carbons (Fsp3) is 0.333. The van der Waals surface area contributed by atoms with E-state index >= 15 is 0 Å². The molecule has 0 aliphatic heterocycles. The van der Waals surface area contributed by atoms with Crippen molar-refractivity contribution < 1.29 is 14.3 Å². The number of rotatable bonds is 4. The van der Waals surface area contributed by atoms with E-state index in [9.17, 15) is 9.59 Å². The predicted octanol–water partition coefficient (Wildman–Crippen LogP) is 0.675. The fourth-order valence-corrected chi connectivity index (χ4v) is 1.71. The van der Waals surface area contributed by atoms with Gasteiger partial charge in [0.15, 0.2) is 11.4 Å². The summed E-state index contributed by atoms with van der Waals surface area (Å²) in [5.74, 6) is -0.977. The van der Waals surface area contributed by atoms with Crippen LogP contribution in [0.25, 0.3) is 0 Å². The molecule has 1 amide bonds. The Morgan fingerprint density at radius 1 is 1.45 bits per heavy atom. The van der Waals surface area contributed by atoms with Gasteiger partial charge in [0.1, 0.15) is 0 Å². The van der Waals surface area contributed by atoms with Gasteiger partial charge in [-0.25, -0.2) is 4.79 Å².